The monoisotopic (exact) mass is 226 g/mol. The molecule has 0 aromatic heterocycles. The van der Waals surface area contributed by atoms with Crippen molar-refractivity contribution in [3.05, 3.63) is 0 Å². The molecule has 0 aliphatic heterocycles. The molecule has 1 N–H and O–H groups in total. The van der Waals surface area contributed by atoms with Crippen molar-refractivity contribution in [2.24, 2.45) is 11.8 Å². The lowest BCUT2D eigenvalue weighted by molar-refractivity contribution is -0.134. The maximum absolute atomic E-state index is 10.4. The van der Waals surface area contributed by atoms with Crippen LogP contribution in [0, 0.1) is 11.8 Å². The van der Waals surface area contributed by atoms with Crippen molar-refractivity contribution in [3.8, 4) is 0 Å². The van der Waals surface area contributed by atoms with Gasteiger partial charge in [-0.1, -0.05) is 32.6 Å². The van der Waals surface area contributed by atoms with Crippen LogP contribution in [0.5, 0.6) is 0 Å². The molecule has 3 unspecified atom stereocenters. The molecule has 0 aromatic rings. The van der Waals surface area contributed by atoms with Crippen LogP contribution in [-0.2, 0) is 4.74 Å². The summed E-state index contributed by atoms with van der Waals surface area (Å²) in [6.07, 6.45) is 9.21. The number of aliphatic hydroxyl groups is 1. The van der Waals surface area contributed by atoms with E-state index in [1.807, 2.05) is 0 Å². The molecule has 0 radical (unpaired) electrons. The topological polar surface area (TPSA) is 29.5 Å². The van der Waals surface area contributed by atoms with E-state index in [1.54, 1.807) is 7.11 Å². The van der Waals surface area contributed by atoms with Gasteiger partial charge in [-0.3, -0.25) is 0 Å². The van der Waals surface area contributed by atoms with E-state index in [0.717, 1.165) is 25.2 Å². The molecule has 0 saturated heterocycles. The van der Waals surface area contributed by atoms with E-state index in [2.05, 4.69) is 6.92 Å². The first-order chi connectivity index (χ1) is 7.66. The van der Waals surface area contributed by atoms with Crippen molar-refractivity contribution in [2.45, 2.75) is 70.0 Å². The first-order valence-corrected chi connectivity index (χ1v) is 6.89. The third kappa shape index (κ3) is 2.78. The smallest absolute Gasteiger partial charge is 0.0938 e. The number of aliphatic hydroxyl groups excluding tert-OH is 1. The molecule has 3 atom stereocenters. The number of rotatable bonds is 5. The van der Waals surface area contributed by atoms with Crippen LogP contribution in [-0.4, -0.2) is 23.9 Å². The van der Waals surface area contributed by atoms with Gasteiger partial charge in [0.1, 0.15) is 0 Å². The molecule has 2 nitrogen and oxygen atoms in total. The van der Waals surface area contributed by atoms with Crippen LogP contribution >= 0.6 is 0 Å². The van der Waals surface area contributed by atoms with Crippen LogP contribution in [0.25, 0.3) is 0 Å². The summed E-state index contributed by atoms with van der Waals surface area (Å²) in [6.45, 7) is 2.28. The summed E-state index contributed by atoms with van der Waals surface area (Å²) in [6, 6.07) is 0. The Morgan fingerprint density at radius 3 is 2.69 bits per heavy atom. The number of methoxy groups -OCH3 is 1. The first kappa shape index (κ1) is 12.4. The summed E-state index contributed by atoms with van der Waals surface area (Å²) in [5.41, 5.74) is -0.230. The van der Waals surface area contributed by atoms with Gasteiger partial charge in [0.2, 0.25) is 0 Å². The molecule has 2 aliphatic carbocycles. The van der Waals surface area contributed by atoms with Crippen LogP contribution in [0.15, 0.2) is 0 Å². The second-order valence-electron chi connectivity index (χ2n) is 6.01. The zero-order valence-corrected chi connectivity index (χ0v) is 10.7. The van der Waals surface area contributed by atoms with Gasteiger partial charge in [0.15, 0.2) is 0 Å². The molecule has 2 fully saturated rings. The molecule has 0 spiro atoms. The first-order valence-electron chi connectivity index (χ1n) is 6.89. The maximum atomic E-state index is 10.4. The Hall–Kier alpha value is -0.0800. The zero-order chi connectivity index (χ0) is 11.6. The van der Waals surface area contributed by atoms with Crippen LogP contribution in [0.4, 0.5) is 0 Å². The highest BCUT2D eigenvalue weighted by Crippen LogP contribution is 2.41. The molecule has 2 heteroatoms. The summed E-state index contributed by atoms with van der Waals surface area (Å²) in [5.74, 6) is 1.61. The molecular weight excluding hydrogens is 200 g/mol. The highest BCUT2D eigenvalue weighted by Gasteiger charge is 2.41. The maximum Gasteiger partial charge on any atom is 0.0938 e. The normalized spacial score (nSPS) is 37.3. The predicted octanol–water partition coefficient (Wildman–Crippen LogP) is 3.13. The van der Waals surface area contributed by atoms with Gasteiger partial charge in [-0.05, 0) is 37.5 Å². The molecule has 0 bridgehead atoms. The van der Waals surface area contributed by atoms with E-state index in [9.17, 15) is 5.11 Å². The SMILES string of the molecule is COC1(C(O)CCC2CC2)CCCC(C)C1. The van der Waals surface area contributed by atoms with E-state index in [0.29, 0.717) is 5.92 Å². The van der Waals surface area contributed by atoms with Gasteiger partial charge in [0.05, 0.1) is 11.7 Å². The molecule has 2 rings (SSSR count). The molecule has 0 amide bonds. The van der Waals surface area contributed by atoms with Crippen LogP contribution in [0.2, 0.25) is 0 Å². The van der Waals surface area contributed by atoms with Crippen molar-refractivity contribution in [2.75, 3.05) is 7.11 Å². The fourth-order valence-corrected chi connectivity index (χ4v) is 3.23. The highest BCUT2D eigenvalue weighted by atomic mass is 16.5. The van der Waals surface area contributed by atoms with Gasteiger partial charge in [0, 0.05) is 7.11 Å². The van der Waals surface area contributed by atoms with Crippen LogP contribution < -0.4 is 0 Å². The lowest BCUT2D eigenvalue weighted by Crippen LogP contribution is -2.47. The molecule has 0 aromatic carbocycles. The minimum Gasteiger partial charge on any atom is -0.390 e. The van der Waals surface area contributed by atoms with Gasteiger partial charge in [-0.2, -0.15) is 0 Å². The van der Waals surface area contributed by atoms with Crippen LogP contribution in [0.3, 0.4) is 0 Å². The summed E-state index contributed by atoms with van der Waals surface area (Å²) in [5, 5.41) is 10.4. The van der Waals surface area contributed by atoms with Gasteiger partial charge in [-0.15, -0.1) is 0 Å². The van der Waals surface area contributed by atoms with Gasteiger partial charge >= 0.3 is 0 Å². The van der Waals surface area contributed by atoms with Gasteiger partial charge in [-0.25, -0.2) is 0 Å². The van der Waals surface area contributed by atoms with E-state index in [1.165, 1.54) is 32.1 Å². The number of ether oxygens (including phenoxy) is 1. The van der Waals surface area contributed by atoms with Crippen molar-refractivity contribution in [1.82, 2.24) is 0 Å². The summed E-state index contributed by atoms with van der Waals surface area (Å²) >= 11 is 0. The third-order valence-corrected chi connectivity index (χ3v) is 4.55. The average molecular weight is 226 g/mol. The Labute approximate surface area is 99.4 Å². The molecule has 2 saturated carbocycles. The van der Waals surface area contributed by atoms with Crippen LogP contribution in [0.1, 0.15) is 58.3 Å². The fourth-order valence-electron chi connectivity index (χ4n) is 3.23. The number of hydrogen-bond donors (Lipinski definition) is 1. The Balaban J connectivity index is 1.89. The standard InChI is InChI=1S/C14H26O2/c1-11-4-3-9-14(10-11,16-2)13(15)8-7-12-5-6-12/h11-13,15H,3-10H2,1-2H3. The van der Waals surface area contributed by atoms with E-state index in [-0.39, 0.29) is 11.7 Å². The van der Waals surface area contributed by atoms with Crippen molar-refractivity contribution < 1.29 is 9.84 Å². The quantitative estimate of drug-likeness (QED) is 0.780. The second kappa shape index (κ2) is 5.05. The Morgan fingerprint density at radius 1 is 1.38 bits per heavy atom. The predicted molar refractivity (Wildman–Crippen MR) is 65.3 cm³/mol. The van der Waals surface area contributed by atoms with Gasteiger partial charge < -0.3 is 9.84 Å². The molecule has 0 heterocycles. The fraction of sp³-hybridized carbons (Fsp3) is 1.00. The second-order valence-corrected chi connectivity index (χ2v) is 6.01. The van der Waals surface area contributed by atoms with Gasteiger partial charge in [0.25, 0.3) is 0 Å². The van der Waals surface area contributed by atoms with E-state index in [4.69, 9.17) is 4.74 Å². The van der Waals surface area contributed by atoms with E-state index < -0.39 is 0 Å². The van der Waals surface area contributed by atoms with Crippen molar-refractivity contribution in [3.63, 3.8) is 0 Å². The van der Waals surface area contributed by atoms with Crippen molar-refractivity contribution >= 4 is 0 Å². The number of hydrogen-bond acceptors (Lipinski definition) is 2. The lowest BCUT2D eigenvalue weighted by atomic mass is 9.74. The molecule has 94 valence electrons. The third-order valence-electron chi connectivity index (χ3n) is 4.55. The largest absolute Gasteiger partial charge is 0.390 e. The summed E-state index contributed by atoms with van der Waals surface area (Å²) < 4.78 is 5.71. The zero-order valence-electron chi connectivity index (χ0n) is 10.7. The molecule has 2 aliphatic rings. The molecule has 16 heavy (non-hydrogen) atoms. The minimum absolute atomic E-state index is 0.230. The Morgan fingerprint density at radius 2 is 2.12 bits per heavy atom. The van der Waals surface area contributed by atoms with E-state index >= 15 is 0 Å². The lowest BCUT2D eigenvalue weighted by Gasteiger charge is -2.42. The Kier molecular flexibility index (Phi) is 3.91. The summed E-state index contributed by atoms with van der Waals surface area (Å²) in [7, 11) is 1.78. The average Bonchev–Trinajstić information content (AvgIpc) is 3.09. The molecular formula is C14H26O2. The highest BCUT2D eigenvalue weighted by molar-refractivity contribution is 4.93. The van der Waals surface area contributed by atoms with Crippen molar-refractivity contribution in [1.29, 1.82) is 0 Å². The minimum atomic E-state index is -0.249. The Bertz CT molecular complexity index is 225. The summed E-state index contributed by atoms with van der Waals surface area (Å²) in [4.78, 5) is 0.